The number of hydrogen-bond donors (Lipinski definition) is 1. The number of piperidine rings is 1. The lowest BCUT2D eigenvalue weighted by Crippen LogP contribution is -2.55. The van der Waals surface area contributed by atoms with Gasteiger partial charge in [-0.15, -0.1) is 0 Å². The van der Waals surface area contributed by atoms with Gasteiger partial charge in [0, 0.05) is 5.56 Å². The molecule has 0 saturated carbocycles. The van der Waals surface area contributed by atoms with Crippen LogP contribution in [0.15, 0.2) is 24.3 Å². The molecule has 0 radical (unpaired) electrons. The summed E-state index contributed by atoms with van der Waals surface area (Å²) in [6.07, 6.45) is -4.04. The Morgan fingerprint density at radius 2 is 1.87 bits per heavy atom. The lowest BCUT2D eigenvalue weighted by molar-refractivity contribution is -0.269. The number of rotatable bonds is 4. The first-order valence-corrected chi connectivity index (χ1v) is 7.28. The number of carbonyl (C=O) groups is 1. The highest BCUT2D eigenvalue weighted by molar-refractivity contribution is 5.65. The molecule has 1 fully saturated rings. The van der Waals surface area contributed by atoms with Crippen molar-refractivity contribution in [3.05, 3.63) is 35.6 Å². The molecule has 0 bridgehead atoms. The summed E-state index contributed by atoms with van der Waals surface area (Å²) in [6.45, 7) is 0.299. The van der Waals surface area contributed by atoms with E-state index in [0.717, 1.165) is 43.5 Å². The predicted molar refractivity (Wildman–Crippen MR) is 75.1 cm³/mol. The second-order valence-corrected chi connectivity index (χ2v) is 5.59. The van der Waals surface area contributed by atoms with Crippen molar-refractivity contribution in [2.75, 3.05) is 19.6 Å². The summed E-state index contributed by atoms with van der Waals surface area (Å²) in [5, 5.41) is 0. The smallest absolute Gasteiger partial charge is 0.427 e. The van der Waals surface area contributed by atoms with Crippen molar-refractivity contribution in [2.45, 2.75) is 31.0 Å². The van der Waals surface area contributed by atoms with Gasteiger partial charge in [-0.2, -0.15) is 13.2 Å². The maximum Gasteiger partial charge on any atom is 0.434 e. The molecule has 1 heterocycles. The number of alkyl halides is 3. The van der Waals surface area contributed by atoms with Crippen molar-refractivity contribution in [3.63, 3.8) is 0 Å². The van der Waals surface area contributed by atoms with Crippen LogP contribution in [0.1, 0.15) is 24.8 Å². The molecular formula is C15H18F4N2O2. The predicted octanol–water partition coefficient (Wildman–Crippen LogP) is 3.16. The monoisotopic (exact) mass is 334 g/mol. The summed E-state index contributed by atoms with van der Waals surface area (Å²) in [6, 6.07) is 3.98. The molecule has 23 heavy (non-hydrogen) atoms. The highest BCUT2D eigenvalue weighted by atomic mass is 19.4. The van der Waals surface area contributed by atoms with Gasteiger partial charge in [0.25, 0.3) is 0 Å². The molecule has 2 rings (SSSR count). The maximum absolute atomic E-state index is 13.8. The number of likely N-dealkylation sites (tertiary alicyclic amines) is 1. The van der Waals surface area contributed by atoms with E-state index in [-0.39, 0.29) is 0 Å². The number of hydrogen-bond acceptors (Lipinski definition) is 3. The number of halogens is 4. The fraction of sp³-hybridized carbons (Fsp3) is 0.533. The van der Waals surface area contributed by atoms with E-state index in [0.29, 0.717) is 13.1 Å². The Morgan fingerprint density at radius 1 is 1.22 bits per heavy atom. The number of benzene rings is 1. The van der Waals surface area contributed by atoms with E-state index in [1.54, 1.807) is 4.90 Å². The van der Waals surface area contributed by atoms with Crippen LogP contribution in [0.4, 0.5) is 22.4 Å². The van der Waals surface area contributed by atoms with Crippen LogP contribution in [-0.2, 0) is 10.3 Å². The number of nitrogens with zero attached hydrogens (tertiary/aromatic N) is 1. The van der Waals surface area contributed by atoms with Crippen molar-refractivity contribution in [1.29, 1.82) is 0 Å². The van der Waals surface area contributed by atoms with E-state index >= 15 is 0 Å². The number of primary amides is 1. The average Bonchev–Trinajstić information content (AvgIpc) is 2.46. The molecule has 1 aromatic rings. The topological polar surface area (TPSA) is 55.6 Å². The molecule has 4 nitrogen and oxygen atoms in total. The zero-order valence-corrected chi connectivity index (χ0v) is 12.4. The molecule has 1 aliphatic rings. The van der Waals surface area contributed by atoms with Gasteiger partial charge >= 0.3 is 12.3 Å². The minimum absolute atomic E-state index is 0.454. The van der Waals surface area contributed by atoms with Crippen molar-refractivity contribution in [2.24, 2.45) is 5.73 Å². The molecule has 1 amide bonds. The minimum atomic E-state index is -4.94. The lowest BCUT2D eigenvalue weighted by Gasteiger charge is -2.40. The van der Waals surface area contributed by atoms with Gasteiger partial charge in [-0.3, -0.25) is 4.90 Å². The Balaban J connectivity index is 2.47. The van der Waals surface area contributed by atoms with Crippen LogP contribution in [0, 0.1) is 5.82 Å². The molecule has 8 heteroatoms. The summed E-state index contributed by atoms with van der Waals surface area (Å²) in [5.41, 5.74) is 1.42. The molecule has 128 valence electrons. The molecule has 1 aliphatic heterocycles. The van der Waals surface area contributed by atoms with Crippen molar-refractivity contribution in [1.82, 2.24) is 4.90 Å². The molecule has 1 saturated heterocycles. The molecule has 0 aromatic heterocycles. The summed E-state index contributed by atoms with van der Waals surface area (Å²) in [7, 11) is 0. The first kappa shape index (κ1) is 17.5. The van der Waals surface area contributed by atoms with E-state index in [9.17, 15) is 22.4 Å². The van der Waals surface area contributed by atoms with Crippen molar-refractivity contribution < 1.29 is 27.1 Å². The molecular weight excluding hydrogens is 316 g/mol. The van der Waals surface area contributed by atoms with E-state index in [1.165, 1.54) is 0 Å². The second-order valence-electron chi connectivity index (χ2n) is 5.59. The van der Waals surface area contributed by atoms with Crippen LogP contribution in [0.5, 0.6) is 0 Å². The molecule has 1 aromatic carbocycles. The van der Waals surface area contributed by atoms with Gasteiger partial charge in [0.2, 0.25) is 5.60 Å². The van der Waals surface area contributed by atoms with Crippen LogP contribution < -0.4 is 5.73 Å². The van der Waals surface area contributed by atoms with Gasteiger partial charge in [-0.1, -0.05) is 18.6 Å². The largest absolute Gasteiger partial charge is 0.434 e. The quantitative estimate of drug-likeness (QED) is 0.861. The first-order chi connectivity index (χ1) is 10.7. The third-order valence-electron chi connectivity index (χ3n) is 3.92. The Bertz CT molecular complexity index is 559. The van der Waals surface area contributed by atoms with E-state index in [1.807, 2.05) is 0 Å². The first-order valence-electron chi connectivity index (χ1n) is 7.28. The Hall–Kier alpha value is -1.83. The minimum Gasteiger partial charge on any atom is -0.427 e. The van der Waals surface area contributed by atoms with Crippen LogP contribution in [0.3, 0.4) is 0 Å². The molecule has 0 aliphatic carbocycles. The normalized spacial score (nSPS) is 19.1. The fourth-order valence-electron chi connectivity index (χ4n) is 2.84. The van der Waals surface area contributed by atoms with Crippen LogP contribution in [0.2, 0.25) is 0 Å². The summed E-state index contributed by atoms with van der Waals surface area (Å²) in [4.78, 5) is 12.7. The highest BCUT2D eigenvalue weighted by Crippen LogP contribution is 2.43. The average molecular weight is 334 g/mol. The van der Waals surface area contributed by atoms with Gasteiger partial charge in [-0.25, -0.2) is 9.18 Å². The number of amides is 1. The number of nitrogens with two attached hydrogens (primary N) is 1. The van der Waals surface area contributed by atoms with E-state index < -0.39 is 35.8 Å². The molecule has 2 N–H and O–H groups in total. The van der Waals surface area contributed by atoms with Crippen molar-refractivity contribution >= 4 is 6.09 Å². The molecule has 1 unspecified atom stereocenters. The second kappa shape index (κ2) is 6.74. The van der Waals surface area contributed by atoms with Gasteiger partial charge < -0.3 is 10.5 Å². The van der Waals surface area contributed by atoms with Crippen molar-refractivity contribution in [3.8, 4) is 0 Å². The summed E-state index contributed by atoms with van der Waals surface area (Å²) < 4.78 is 59.5. The zero-order chi connectivity index (χ0) is 17.1. The van der Waals surface area contributed by atoms with Crippen LogP contribution in [0.25, 0.3) is 0 Å². The fourth-order valence-corrected chi connectivity index (χ4v) is 2.84. The van der Waals surface area contributed by atoms with E-state index in [2.05, 4.69) is 4.74 Å². The lowest BCUT2D eigenvalue weighted by atomic mass is 9.91. The summed E-state index contributed by atoms with van der Waals surface area (Å²) >= 11 is 0. The van der Waals surface area contributed by atoms with Gasteiger partial charge in [-0.05, 0) is 38.1 Å². The zero-order valence-electron chi connectivity index (χ0n) is 12.4. The molecule has 0 spiro atoms. The Kier molecular flexibility index (Phi) is 5.13. The van der Waals surface area contributed by atoms with Gasteiger partial charge in [0.15, 0.2) is 0 Å². The Labute approximate surface area is 131 Å². The highest BCUT2D eigenvalue weighted by Gasteiger charge is 2.60. The van der Waals surface area contributed by atoms with E-state index in [4.69, 9.17) is 5.73 Å². The SMILES string of the molecule is NC(=O)OC(CN1CCCCC1)(c1cccc(F)c1)C(F)(F)F. The third-order valence-corrected chi connectivity index (χ3v) is 3.92. The standard InChI is InChI=1S/C15H18F4N2O2/c16-12-6-4-5-11(9-12)14(15(17,18)19,23-13(20)22)10-21-7-2-1-3-8-21/h4-6,9H,1-3,7-8,10H2,(H2,20,22). The van der Waals surface area contributed by atoms with Crippen LogP contribution >= 0.6 is 0 Å². The van der Waals surface area contributed by atoms with Gasteiger partial charge in [0.1, 0.15) is 5.82 Å². The maximum atomic E-state index is 13.8. The Morgan fingerprint density at radius 3 is 2.39 bits per heavy atom. The van der Waals surface area contributed by atoms with Gasteiger partial charge in [0.05, 0.1) is 6.54 Å². The number of ether oxygens (including phenoxy) is 1. The number of carbonyl (C=O) groups excluding carboxylic acids is 1. The summed E-state index contributed by atoms with van der Waals surface area (Å²) in [5.74, 6) is -0.845. The van der Waals surface area contributed by atoms with Crippen LogP contribution in [-0.4, -0.2) is 36.8 Å². The molecule has 1 atom stereocenters. The third kappa shape index (κ3) is 3.93.